The number of aliphatic hydroxyl groups excluding tert-OH is 1. The number of nitrogens with one attached hydrogen (secondary N) is 1. The van der Waals surface area contributed by atoms with E-state index in [1.165, 1.54) is 12.4 Å². The van der Waals surface area contributed by atoms with Crippen LogP contribution in [0.5, 0.6) is 0 Å². The van der Waals surface area contributed by atoms with Gasteiger partial charge in [-0.05, 0) is 18.6 Å². The fraction of sp³-hybridized carbons (Fsp3) is 0.450. The van der Waals surface area contributed by atoms with Gasteiger partial charge in [0.25, 0.3) is 0 Å². The van der Waals surface area contributed by atoms with E-state index in [0.29, 0.717) is 17.9 Å². The summed E-state index contributed by atoms with van der Waals surface area (Å²) < 4.78 is 14.1. The van der Waals surface area contributed by atoms with Crippen LogP contribution in [0.2, 0.25) is 0 Å². The van der Waals surface area contributed by atoms with Crippen molar-refractivity contribution in [2.75, 3.05) is 49.1 Å². The molecule has 2 aliphatic rings. The minimum atomic E-state index is -0.475. The van der Waals surface area contributed by atoms with Crippen LogP contribution in [0.25, 0.3) is 11.2 Å². The van der Waals surface area contributed by atoms with Crippen LogP contribution >= 0.6 is 0 Å². The van der Waals surface area contributed by atoms with Crippen molar-refractivity contribution in [3.63, 3.8) is 0 Å². The first-order chi connectivity index (χ1) is 14.2. The van der Waals surface area contributed by atoms with Gasteiger partial charge < -0.3 is 19.9 Å². The first kappa shape index (κ1) is 18.3. The van der Waals surface area contributed by atoms with Crippen LogP contribution in [-0.4, -0.2) is 81.4 Å². The molecule has 0 saturated carbocycles. The Balaban J connectivity index is 1.23. The molecule has 0 amide bonds. The Morgan fingerprint density at radius 2 is 1.83 bits per heavy atom. The number of piperazine rings is 1. The summed E-state index contributed by atoms with van der Waals surface area (Å²) in [7, 11) is 0. The van der Waals surface area contributed by atoms with E-state index in [1.807, 2.05) is 12.1 Å². The molecule has 0 spiro atoms. The van der Waals surface area contributed by atoms with E-state index in [0.717, 1.165) is 50.5 Å². The number of piperidine rings is 1. The van der Waals surface area contributed by atoms with Crippen LogP contribution in [0.3, 0.4) is 0 Å². The maximum atomic E-state index is 14.1. The van der Waals surface area contributed by atoms with Crippen LogP contribution in [0.1, 0.15) is 6.42 Å². The molecule has 29 heavy (non-hydrogen) atoms. The standard InChI is InChI=1S/C20H24FN7O/c21-14-3-1-2-4-15(14)26-7-9-27(10-8-26)16-5-6-28(11-17(16)29)20-18-19(23-12-22-18)24-13-25-20/h1-4,12-13,16-17,29H,5-11H2,(H,22,23,24,25)/t16-,17-/m1/s1. The van der Waals surface area contributed by atoms with Crippen LogP contribution in [0.15, 0.2) is 36.9 Å². The molecular formula is C20H24FN7O. The number of para-hydroxylation sites is 1. The molecular weight excluding hydrogens is 373 g/mol. The second kappa shape index (κ2) is 7.57. The monoisotopic (exact) mass is 397 g/mol. The highest BCUT2D eigenvalue weighted by Crippen LogP contribution is 2.27. The number of halogens is 1. The zero-order chi connectivity index (χ0) is 19.8. The quantitative estimate of drug-likeness (QED) is 0.688. The molecule has 8 nitrogen and oxygen atoms in total. The largest absolute Gasteiger partial charge is 0.390 e. The Bertz CT molecular complexity index is 988. The predicted molar refractivity (Wildman–Crippen MR) is 108 cm³/mol. The van der Waals surface area contributed by atoms with E-state index in [1.54, 1.807) is 12.4 Å². The number of rotatable bonds is 3. The average Bonchev–Trinajstić information content (AvgIpc) is 3.23. The van der Waals surface area contributed by atoms with Crippen molar-refractivity contribution >= 4 is 22.7 Å². The van der Waals surface area contributed by atoms with Gasteiger partial charge in [-0.15, -0.1) is 0 Å². The summed E-state index contributed by atoms with van der Waals surface area (Å²) in [5, 5.41) is 10.9. The number of imidazole rings is 1. The molecule has 1 aromatic carbocycles. The predicted octanol–water partition coefficient (Wildman–Crippen LogP) is 1.25. The summed E-state index contributed by atoms with van der Waals surface area (Å²) >= 11 is 0. The van der Waals surface area contributed by atoms with Crippen molar-refractivity contribution in [2.24, 2.45) is 0 Å². The van der Waals surface area contributed by atoms with Gasteiger partial charge in [0, 0.05) is 45.3 Å². The molecule has 0 radical (unpaired) electrons. The lowest BCUT2D eigenvalue weighted by Gasteiger charge is -2.45. The number of H-pyrrole nitrogens is 1. The number of benzene rings is 1. The van der Waals surface area contributed by atoms with Crippen molar-refractivity contribution in [2.45, 2.75) is 18.6 Å². The molecule has 3 aromatic rings. The minimum absolute atomic E-state index is 0.105. The van der Waals surface area contributed by atoms with Crippen LogP contribution in [0.4, 0.5) is 15.9 Å². The summed E-state index contributed by atoms with van der Waals surface area (Å²) in [5.41, 5.74) is 2.10. The van der Waals surface area contributed by atoms with Crippen LogP contribution < -0.4 is 9.80 Å². The van der Waals surface area contributed by atoms with E-state index in [4.69, 9.17) is 0 Å². The summed E-state index contributed by atoms with van der Waals surface area (Å²) in [5.74, 6) is 0.610. The first-order valence-electron chi connectivity index (χ1n) is 10.0. The van der Waals surface area contributed by atoms with Gasteiger partial charge in [-0.2, -0.15) is 0 Å². The van der Waals surface area contributed by atoms with Gasteiger partial charge in [-0.1, -0.05) is 12.1 Å². The number of hydrogen-bond acceptors (Lipinski definition) is 7. The van der Waals surface area contributed by atoms with Gasteiger partial charge in [-0.3, -0.25) is 4.90 Å². The third-order valence-electron chi connectivity index (χ3n) is 6.03. The lowest BCUT2D eigenvalue weighted by atomic mass is 9.99. The van der Waals surface area contributed by atoms with E-state index in [9.17, 15) is 9.50 Å². The molecule has 2 aliphatic heterocycles. The van der Waals surface area contributed by atoms with Gasteiger partial charge >= 0.3 is 0 Å². The third kappa shape index (κ3) is 3.40. The summed E-state index contributed by atoms with van der Waals surface area (Å²) in [6.45, 7) is 4.47. The van der Waals surface area contributed by atoms with Crippen molar-refractivity contribution in [1.29, 1.82) is 0 Å². The highest BCUT2D eigenvalue weighted by atomic mass is 19.1. The van der Waals surface area contributed by atoms with Gasteiger partial charge in [0.2, 0.25) is 0 Å². The molecule has 2 saturated heterocycles. The summed E-state index contributed by atoms with van der Waals surface area (Å²) in [6.07, 6.45) is 3.50. The maximum Gasteiger partial charge on any atom is 0.182 e. The fourth-order valence-corrected chi connectivity index (χ4v) is 4.53. The highest BCUT2D eigenvalue weighted by Gasteiger charge is 2.35. The fourth-order valence-electron chi connectivity index (χ4n) is 4.53. The SMILES string of the molecule is O[C@@H]1CN(c2ncnc3nc[nH]c23)CC[C@H]1N1CCN(c2ccccc2F)CC1. The third-order valence-corrected chi connectivity index (χ3v) is 6.03. The van der Waals surface area contributed by atoms with Crippen LogP contribution in [0, 0.1) is 5.82 Å². The molecule has 2 fully saturated rings. The van der Waals surface area contributed by atoms with Crippen molar-refractivity contribution in [3.05, 3.63) is 42.7 Å². The Kier molecular flexibility index (Phi) is 4.76. The lowest BCUT2D eigenvalue weighted by molar-refractivity contribution is 0.0337. The summed E-state index contributed by atoms with van der Waals surface area (Å²) in [4.78, 5) is 22.4. The Morgan fingerprint density at radius 3 is 2.62 bits per heavy atom. The number of β-amino-alcohol motifs (C(OH)–C–C–N with tert-alkyl or cyclic N) is 1. The summed E-state index contributed by atoms with van der Waals surface area (Å²) in [6, 6.07) is 7.02. The molecule has 5 rings (SSSR count). The van der Waals surface area contributed by atoms with Crippen LogP contribution in [-0.2, 0) is 0 Å². The molecule has 2 N–H and O–H groups in total. The molecule has 0 aliphatic carbocycles. The number of hydrogen-bond donors (Lipinski definition) is 2. The molecule has 2 aromatic heterocycles. The normalized spacial score (nSPS) is 23.7. The van der Waals surface area contributed by atoms with Crippen molar-refractivity contribution in [3.8, 4) is 0 Å². The molecule has 2 atom stereocenters. The van der Waals surface area contributed by atoms with E-state index in [-0.39, 0.29) is 11.9 Å². The van der Waals surface area contributed by atoms with Gasteiger partial charge in [0.1, 0.15) is 17.7 Å². The number of nitrogens with zero attached hydrogens (tertiary/aromatic N) is 6. The van der Waals surface area contributed by atoms with E-state index in [2.05, 4.69) is 34.6 Å². The number of anilines is 2. The molecule has 4 heterocycles. The van der Waals surface area contributed by atoms with E-state index < -0.39 is 6.10 Å². The zero-order valence-electron chi connectivity index (χ0n) is 16.1. The molecule has 152 valence electrons. The zero-order valence-corrected chi connectivity index (χ0v) is 16.1. The lowest BCUT2D eigenvalue weighted by Crippen LogP contribution is -2.59. The minimum Gasteiger partial charge on any atom is -0.390 e. The number of fused-ring (bicyclic) bond motifs is 1. The Hall–Kier alpha value is -2.78. The van der Waals surface area contributed by atoms with Crippen molar-refractivity contribution in [1.82, 2.24) is 24.8 Å². The Morgan fingerprint density at radius 1 is 1.00 bits per heavy atom. The molecule has 0 bridgehead atoms. The second-order valence-electron chi connectivity index (χ2n) is 7.64. The average molecular weight is 397 g/mol. The van der Waals surface area contributed by atoms with Gasteiger partial charge in [0.05, 0.1) is 18.1 Å². The Labute approximate surface area is 168 Å². The number of aromatic nitrogens is 4. The highest BCUT2D eigenvalue weighted by molar-refractivity contribution is 5.82. The maximum absolute atomic E-state index is 14.1. The van der Waals surface area contributed by atoms with Crippen molar-refractivity contribution < 1.29 is 9.50 Å². The van der Waals surface area contributed by atoms with Gasteiger partial charge in [0.15, 0.2) is 11.5 Å². The topological polar surface area (TPSA) is 84.4 Å². The second-order valence-corrected chi connectivity index (χ2v) is 7.64. The number of aliphatic hydroxyl groups is 1. The number of aromatic amines is 1. The smallest absolute Gasteiger partial charge is 0.182 e. The molecule has 0 unspecified atom stereocenters. The van der Waals surface area contributed by atoms with Gasteiger partial charge in [-0.25, -0.2) is 19.3 Å². The van der Waals surface area contributed by atoms with E-state index >= 15 is 0 Å². The molecule has 9 heteroatoms. The first-order valence-corrected chi connectivity index (χ1v) is 10.0.